The number of thiazole rings is 1. The maximum atomic E-state index is 13.6. The number of aliphatic hydroxyl groups excluding tert-OH is 1. The minimum absolute atomic E-state index is 0.0246. The Hall–Kier alpha value is -2.67. The highest BCUT2D eigenvalue weighted by Crippen LogP contribution is 2.43. The Morgan fingerprint density at radius 1 is 1.13 bits per heavy atom. The van der Waals surface area contributed by atoms with E-state index in [1.54, 1.807) is 11.8 Å². The zero-order chi connectivity index (χ0) is 22.3. The summed E-state index contributed by atoms with van der Waals surface area (Å²) in [5, 5.41) is 11.7. The van der Waals surface area contributed by atoms with Gasteiger partial charge in [0, 0.05) is 25.8 Å². The number of amides is 1. The predicted molar refractivity (Wildman–Crippen MR) is 123 cm³/mol. The van der Waals surface area contributed by atoms with Gasteiger partial charge in [-0.05, 0) is 44.4 Å². The Kier molecular flexibility index (Phi) is 5.88. The fourth-order valence-electron chi connectivity index (χ4n) is 4.74. The molecule has 1 fully saturated rings. The van der Waals surface area contributed by atoms with Crippen LogP contribution in [0.2, 0.25) is 0 Å². The summed E-state index contributed by atoms with van der Waals surface area (Å²) in [5.41, 5.74) is 2.70. The second-order valence-corrected chi connectivity index (χ2v) is 9.83. The van der Waals surface area contributed by atoms with E-state index in [-0.39, 0.29) is 17.4 Å². The van der Waals surface area contributed by atoms with Gasteiger partial charge in [-0.3, -0.25) is 9.59 Å². The highest BCUT2D eigenvalue weighted by Gasteiger charge is 2.47. The quantitative estimate of drug-likeness (QED) is 0.682. The number of hydrogen-bond acceptors (Lipinski definition) is 6. The average Bonchev–Trinajstić information content (AvgIpc) is 3.24. The van der Waals surface area contributed by atoms with Crippen LogP contribution in [0.25, 0.3) is 0 Å². The molecule has 1 aliphatic heterocycles. The molecule has 0 radical (unpaired) electrons. The highest BCUT2D eigenvalue weighted by atomic mass is 32.1. The third-order valence-corrected chi connectivity index (χ3v) is 7.36. The van der Waals surface area contributed by atoms with Gasteiger partial charge in [0.2, 0.25) is 5.78 Å². The molecule has 1 aromatic heterocycles. The van der Waals surface area contributed by atoms with Crippen LogP contribution in [0.1, 0.15) is 64.1 Å². The van der Waals surface area contributed by atoms with Crippen molar-refractivity contribution in [1.29, 1.82) is 0 Å². The van der Waals surface area contributed by atoms with Crippen molar-refractivity contribution in [1.82, 2.24) is 9.88 Å². The number of aliphatic hydroxyl groups is 1. The first-order valence-corrected chi connectivity index (χ1v) is 11.6. The molecule has 1 aromatic carbocycles. The molecule has 1 saturated carbocycles. The first-order chi connectivity index (χ1) is 14.8. The van der Waals surface area contributed by atoms with Crippen molar-refractivity contribution in [2.75, 3.05) is 19.0 Å². The molecule has 2 aliphatic rings. The van der Waals surface area contributed by atoms with Crippen molar-refractivity contribution in [3.05, 3.63) is 56.7 Å². The lowest BCUT2D eigenvalue weighted by molar-refractivity contribution is -0.132. The number of benzene rings is 1. The van der Waals surface area contributed by atoms with Crippen LogP contribution in [0.5, 0.6) is 0 Å². The summed E-state index contributed by atoms with van der Waals surface area (Å²) in [6.45, 7) is 3.65. The SMILES string of the molecule is Cc1nc(C)c(C(=O)C2=C(O)C(=O)N(C3CCCCC3)C2c2ccc(N(C)C)cc2)s1. The van der Waals surface area contributed by atoms with Crippen molar-refractivity contribution in [3.63, 3.8) is 0 Å². The fraction of sp³-hybridized carbons (Fsp3) is 0.458. The molecule has 164 valence electrons. The highest BCUT2D eigenvalue weighted by molar-refractivity contribution is 7.14. The first kappa shape index (κ1) is 21.6. The van der Waals surface area contributed by atoms with Crippen LogP contribution in [0.3, 0.4) is 0 Å². The number of carbonyl (C=O) groups excluding carboxylic acids is 2. The maximum absolute atomic E-state index is 13.6. The number of nitrogens with zero attached hydrogens (tertiary/aromatic N) is 3. The van der Waals surface area contributed by atoms with Gasteiger partial charge < -0.3 is 14.9 Å². The summed E-state index contributed by atoms with van der Waals surface area (Å²) in [6, 6.07) is 7.33. The predicted octanol–water partition coefficient (Wildman–Crippen LogP) is 4.74. The largest absolute Gasteiger partial charge is 0.503 e. The molecule has 1 aliphatic carbocycles. The van der Waals surface area contributed by atoms with Crippen molar-refractivity contribution in [2.24, 2.45) is 0 Å². The van der Waals surface area contributed by atoms with E-state index >= 15 is 0 Å². The number of ketones is 1. The van der Waals surface area contributed by atoms with Crippen molar-refractivity contribution in [3.8, 4) is 0 Å². The monoisotopic (exact) mass is 439 g/mol. The molecule has 1 unspecified atom stereocenters. The third kappa shape index (κ3) is 3.87. The van der Waals surface area contributed by atoms with Gasteiger partial charge in [-0.2, -0.15) is 0 Å². The van der Waals surface area contributed by atoms with E-state index in [9.17, 15) is 14.7 Å². The summed E-state index contributed by atoms with van der Waals surface area (Å²) >= 11 is 1.31. The second kappa shape index (κ2) is 8.46. The Morgan fingerprint density at radius 2 is 1.77 bits per heavy atom. The molecular weight excluding hydrogens is 410 g/mol. The Bertz CT molecular complexity index is 1030. The van der Waals surface area contributed by atoms with E-state index in [4.69, 9.17) is 0 Å². The van der Waals surface area contributed by atoms with Crippen molar-refractivity contribution < 1.29 is 14.7 Å². The number of carbonyl (C=O) groups is 2. The average molecular weight is 440 g/mol. The molecular formula is C24H29N3O3S. The number of aromatic nitrogens is 1. The summed E-state index contributed by atoms with van der Waals surface area (Å²) in [7, 11) is 3.94. The summed E-state index contributed by atoms with van der Waals surface area (Å²) in [4.78, 5) is 35.5. The minimum atomic E-state index is -0.582. The maximum Gasteiger partial charge on any atom is 0.290 e. The second-order valence-electron chi connectivity index (χ2n) is 8.63. The van der Waals surface area contributed by atoms with Crippen LogP contribution in [-0.4, -0.2) is 46.8 Å². The van der Waals surface area contributed by atoms with E-state index in [1.807, 2.05) is 50.2 Å². The molecule has 7 heteroatoms. The Balaban J connectivity index is 1.81. The van der Waals surface area contributed by atoms with Gasteiger partial charge in [-0.15, -0.1) is 11.3 Å². The molecule has 1 amide bonds. The van der Waals surface area contributed by atoms with Gasteiger partial charge in [0.15, 0.2) is 5.76 Å². The van der Waals surface area contributed by atoms with Gasteiger partial charge in [0.05, 0.1) is 27.2 Å². The topological polar surface area (TPSA) is 73.7 Å². The fourth-order valence-corrected chi connectivity index (χ4v) is 5.61. The van der Waals surface area contributed by atoms with Crippen LogP contribution < -0.4 is 4.90 Å². The van der Waals surface area contributed by atoms with E-state index in [1.165, 1.54) is 11.3 Å². The van der Waals surface area contributed by atoms with Gasteiger partial charge in [-0.25, -0.2) is 4.98 Å². The van der Waals surface area contributed by atoms with Crippen LogP contribution in [-0.2, 0) is 4.79 Å². The van der Waals surface area contributed by atoms with Crippen LogP contribution in [0.15, 0.2) is 35.6 Å². The summed E-state index contributed by atoms with van der Waals surface area (Å²) in [6.07, 6.45) is 5.05. The lowest BCUT2D eigenvalue weighted by atomic mass is 9.90. The minimum Gasteiger partial charge on any atom is -0.503 e. The zero-order valence-corrected chi connectivity index (χ0v) is 19.3. The summed E-state index contributed by atoms with van der Waals surface area (Å²) in [5.74, 6) is -1.15. The van der Waals surface area contributed by atoms with E-state index in [0.717, 1.165) is 48.4 Å². The molecule has 0 bridgehead atoms. The normalized spacial score (nSPS) is 19.9. The molecule has 0 spiro atoms. The van der Waals surface area contributed by atoms with Crippen molar-refractivity contribution >= 4 is 28.7 Å². The van der Waals surface area contributed by atoms with E-state index in [0.29, 0.717) is 10.6 Å². The van der Waals surface area contributed by atoms with Crippen molar-refractivity contribution in [2.45, 2.75) is 58.0 Å². The Labute approximate surface area is 187 Å². The molecule has 6 nitrogen and oxygen atoms in total. The molecule has 2 heterocycles. The first-order valence-electron chi connectivity index (χ1n) is 10.8. The smallest absolute Gasteiger partial charge is 0.290 e. The van der Waals surface area contributed by atoms with Crippen LogP contribution >= 0.6 is 11.3 Å². The van der Waals surface area contributed by atoms with Gasteiger partial charge in [0.1, 0.15) is 0 Å². The van der Waals surface area contributed by atoms with E-state index in [2.05, 4.69) is 4.98 Å². The molecule has 1 atom stereocenters. The number of rotatable bonds is 5. The van der Waals surface area contributed by atoms with Crippen LogP contribution in [0, 0.1) is 13.8 Å². The lowest BCUT2D eigenvalue weighted by Crippen LogP contribution is -2.41. The van der Waals surface area contributed by atoms with Gasteiger partial charge in [-0.1, -0.05) is 31.4 Å². The van der Waals surface area contributed by atoms with Gasteiger partial charge >= 0.3 is 0 Å². The molecule has 2 aromatic rings. The standard InChI is InChI=1S/C24H29N3O3S/c1-14-23(31-15(2)25-14)21(28)19-20(16-10-12-17(13-11-16)26(3)4)27(24(30)22(19)29)18-8-6-5-7-9-18/h10-13,18,20,29H,5-9H2,1-4H3. The lowest BCUT2D eigenvalue weighted by Gasteiger charge is -2.36. The molecule has 4 rings (SSSR count). The number of anilines is 1. The number of hydrogen-bond donors (Lipinski definition) is 1. The summed E-state index contributed by atoms with van der Waals surface area (Å²) < 4.78 is 0. The molecule has 1 N–H and O–H groups in total. The van der Waals surface area contributed by atoms with Crippen LogP contribution in [0.4, 0.5) is 5.69 Å². The number of Topliss-reactive ketones (excluding diaryl/α,β-unsaturated/α-hetero) is 1. The third-order valence-electron chi connectivity index (χ3n) is 6.29. The Morgan fingerprint density at radius 3 is 2.32 bits per heavy atom. The molecule has 31 heavy (non-hydrogen) atoms. The molecule has 0 saturated heterocycles. The zero-order valence-electron chi connectivity index (χ0n) is 18.5. The number of aryl methyl sites for hydroxylation is 2. The van der Waals surface area contributed by atoms with Gasteiger partial charge in [0.25, 0.3) is 5.91 Å². The van der Waals surface area contributed by atoms with E-state index < -0.39 is 17.7 Å².